The van der Waals surface area contributed by atoms with E-state index in [2.05, 4.69) is 4.98 Å². The Morgan fingerprint density at radius 1 is 1.67 bits per heavy atom. The Hall–Kier alpha value is -1.09. The average Bonchev–Trinajstić information content (AvgIpc) is 3.01. The van der Waals surface area contributed by atoms with Gasteiger partial charge in [0, 0.05) is 19.8 Å². The van der Waals surface area contributed by atoms with Gasteiger partial charge in [-0.1, -0.05) is 11.6 Å². The Kier molecular flexibility index (Phi) is 2.91. The highest BCUT2D eigenvalue weighted by molar-refractivity contribution is 6.32. The van der Waals surface area contributed by atoms with E-state index in [-0.39, 0.29) is 11.1 Å². The molecule has 0 aliphatic heterocycles. The van der Waals surface area contributed by atoms with Gasteiger partial charge in [-0.25, -0.2) is 4.98 Å². The molecule has 15 heavy (non-hydrogen) atoms. The quantitative estimate of drug-likeness (QED) is 0.738. The van der Waals surface area contributed by atoms with Gasteiger partial charge in [0.05, 0.1) is 5.56 Å². The van der Waals surface area contributed by atoms with E-state index in [1.165, 1.54) is 12.8 Å². The maximum atomic E-state index is 11.9. The lowest BCUT2D eigenvalue weighted by atomic mass is 10.2. The minimum Gasteiger partial charge on any atom is -0.341 e. The van der Waals surface area contributed by atoms with Gasteiger partial charge in [0.1, 0.15) is 5.15 Å². The van der Waals surface area contributed by atoms with Crippen molar-refractivity contribution >= 4 is 17.5 Å². The van der Waals surface area contributed by atoms with E-state index < -0.39 is 0 Å². The van der Waals surface area contributed by atoms with Gasteiger partial charge in [-0.2, -0.15) is 0 Å². The van der Waals surface area contributed by atoms with E-state index in [4.69, 9.17) is 11.6 Å². The van der Waals surface area contributed by atoms with Gasteiger partial charge in [0.2, 0.25) is 0 Å². The van der Waals surface area contributed by atoms with Crippen LogP contribution in [0.1, 0.15) is 23.2 Å². The third-order valence-electron chi connectivity index (χ3n) is 2.57. The summed E-state index contributed by atoms with van der Waals surface area (Å²) in [6, 6.07) is 3.44. The molecule has 0 saturated heterocycles. The lowest BCUT2D eigenvalue weighted by Crippen LogP contribution is -2.29. The van der Waals surface area contributed by atoms with Crippen molar-refractivity contribution in [3.8, 4) is 0 Å². The molecule has 0 radical (unpaired) electrons. The minimum absolute atomic E-state index is 0.0417. The molecule has 1 saturated carbocycles. The fourth-order valence-corrected chi connectivity index (χ4v) is 1.72. The Bertz CT molecular complexity index is 377. The lowest BCUT2D eigenvalue weighted by Gasteiger charge is -2.16. The van der Waals surface area contributed by atoms with Gasteiger partial charge in [0.25, 0.3) is 5.91 Å². The van der Waals surface area contributed by atoms with Crippen molar-refractivity contribution in [2.45, 2.75) is 12.8 Å². The minimum atomic E-state index is -0.0417. The molecule has 3 nitrogen and oxygen atoms in total. The third kappa shape index (κ3) is 2.48. The second kappa shape index (κ2) is 4.19. The first kappa shape index (κ1) is 10.4. The highest BCUT2D eigenvalue weighted by atomic mass is 35.5. The molecule has 0 spiro atoms. The van der Waals surface area contributed by atoms with Crippen LogP contribution in [0.3, 0.4) is 0 Å². The van der Waals surface area contributed by atoms with Gasteiger partial charge in [0.15, 0.2) is 0 Å². The molecule has 1 aromatic heterocycles. The molecule has 1 aliphatic carbocycles. The van der Waals surface area contributed by atoms with Crippen LogP contribution in [0.15, 0.2) is 18.3 Å². The lowest BCUT2D eigenvalue weighted by molar-refractivity contribution is 0.0788. The highest BCUT2D eigenvalue weighted by Crippen LogP contribution is 2.29. The number of halogens is 1. The summed E-state index contributed by atoms with van der Waals surface area (Å²) in [6.07, 6.45) is 4.05. The molecule has 4 heteroatoms. The van der Waals surface area contributed by atoms with Crippen molar-refractivity contribution < 1.29 is 4.79 Å². The van der Waals surface area contributed by atoms with E-state index in [0.29, 0.717) is 11.5 Å². The topological polar surface area (TPSA) is 33.2 Å². The summed E-state index contributed by atoms with van der Waals surface area (Å²) in [5, 5.41) is 0.283. The van der Waals surface area contributed by atoms with Crippen LogP contribution >= 0.6 is 11.6 Å². The van der Waals surface area contributed by atoms with E-state index in [0.717, 1.165) is 6.54 Å². The third-order valence-corrected chi connectivity index (χ3v) is 2.87. The fraction of sp³-hybridized carbons (Fsp3) is 0.455. The summed E-state index contributed by atoms with van der Waals surface area (Å²) in [4.78, 5) is 17.5. The number of amides is 1. The Labute approximate surface area is 94.1 Å². The summed E-state index contributed by atoms with van der Waals surface area (Å²) in [5.74, 6) is 0.648. The predicted octanol–water partition coefficient (Wildman–Crippen LogP) is 2.22. The first-order valence-corrected chi connectivity index (χ1v) is 5.42. The van der Waals surface area contributed by atoms with Gasteiger partial charge in [-0.05, 0) is 30.9 Å². The highest BCUT2D eigenvalue weighted by Gasteiger charge is 2.25. The molecule has 1 aliphatic rings. The molecule has 2 rings (SSSR count). The van der Waals surface area contributed by atoms with Crippen LogP contribution in [0.25, 0.3) is 0 Å². The number of hydrogen-bond acceptors (Lipinski definition) is 2. The van der Waals surface area contributed by atoms with Crippen LogP contribution in [0, 0.1) is 5.92 Å². The molecule has 1 fully saturated rings. The van der Waals surface area contributed by atoms with Crippen molar-refractivity contribution in [3.63, 3.8) is 0 Å². The molecular weight excluding hydrogens is 212 g/mol. The van der Waals surface area contributed by atoms with Crippen LogP contribution in [-0.2, 0) is 0 Å². The normalized spacial score (nSPS) is 15.1. The monoisotopic (exact) mass is 224 g/mol. The molecule has 1 aromatic rings. The maximum Gasteiger partial charge on any atom is 0.256 e. The molecule has 0 atom stereocenters. The molecule has 0 unspecified atom stereocenters. The molecule has 1 heterocycles. The fourth-order valence-electron chi connectivity index (χ4n) is 1.52. The zero-order chi connectivity index (χ0) is 10.8. The number of carbonyl (C=O) groups is 1. The maximum absolute atomic E-state index is 11.9. The molecule has 0 aromatic carbocycles. The number of hydrogen-bond donors (Lipinski definition) is 0. The second-order valence-corrected chi connectivity index (χ2v) is 4.33. The zero-order valence-electron chi connectivity index (χ0n) is 8.61. The number of pyridine rings is 1. The largest absolute Gasteiger partial charge is 0.341 e. The van der Waals surface area contributed by atoms with Gasteiger partial charge < -0.3 is 4.90 Å². The van der Waals surface area contributed by atoms with Crippen LogP contribution in [0.4, 0.5) is 0 Å². The number of rotatable bonds is 3. The van der Waals surface area contributed by atoms with Gasteiger partial charge in [-0.3, -0.25) is 4.79 Å². The van der Waals surface area contributed by atoms with Crippen LogP contribution in [0.5, 0.6) is 0 Å². The molecule has 1 amide bonds. The van der Waals surface area contributed by atoms with Crippen LogP contribution in [0.2, 0.25) is 5.15 Å². The van der Waals surface area contributed by atoms with Gasteiger partial charge in [-0.15, -0.1) is 0 Å². The Morgan fingerprint density at radius 2 is 2.40 bits per heavy atom. The standard InChI is InChI=1S/C11H13ClN2O/c1-14(7-8-4-5-8)11(15)9-3-2-6-13-10(9)12/h2-3,6,8H,4-5,7H2,1H3. The van der Waals surface area contributed by atoms with Crippen LogP contribution < -0.4 is 0 Å². The van der Waals surface area contributed by atoms with E-state index in [9.17, 15) is 4.79 Å². The van der Waals surface area contributed by atoms with E-state index in [1.54, 1.807) is 23.2 Å². The van der Waals surface area contributed by atoms with Crippen molar-refractivity contribution in [1.29, 1.82) is 0 Å². The number of carbonyl (C=O) groups excluding carboxylic acids is 1. The summed E-state index contributed by atoms with van der Waals surface area (Å²) < 4.78 is 0. The first-order valence-electron chi connectivity index (χ1n) is 5.04. The first-order chi connectivity index (χ1) is 7.18. The molecular formula is C11H13ClN2O. The molecule has 0 N–H and O–H groups in total. The number of aromatic nitrogens is 1. The summed E-state index contributed by atoms with van der Waals surface area (Å²) in [5.41, 5.74) is 0.488. The predicted molar refractivity (Wildman–Crippen MR) is 58.9 cm³/mol. The summed E-state index contributed by atoms with van der Waals surface area (Å²) >= 11 is 5.86. The van der Waals surface area contributed by atoms with Crippen molar-refractivity contribution in [2.75, 3.05) is 13.6 Å². The van der Waals surface area contributed by atoms with Gasteiger partial charge >= 0.3 is 0 Å². The van der Waals surface area contributed by atoms with Crippen molar-refractivity contribution in [3.05, 3.63) is 29.0 Å². The smallest absolute Gasteiger partial charge is 0.256 e. The van der Waals surface area contributed by atoms with Crippen LogP contribution in [-0.4, -0.2) is 29.4 Å². The van der Waals surface area contributed by atoms with E-state index >= 15 is 0 Å². The molecule has 0 bridgehead atoms. The summed E-state index contributed by atoms with van der Waals surface area (Å²) in [6.45, 7) is 0.823. The Morgan fingerprint density at radius 3 is 3.00 bits per heavy atom. The Balaban J connectivity index is 2.08. The second-order valence-electron chi connectivity index (χ2n) is 3.97. The van der Waals surface area contributed by atoms with E-state index in [1.807, 2.05) is 7.05 Å². The SMILES string of the molecule is CN(CC1CC1)C(=O)c1cccnc1Cl. The number of nitrogens with zero attached hydrogens (tertiary/aromatic N) is 2. The zero-order valence-corrected chi connectivity index (χ0v) is 9.37. The summed E-state index contributed by atoms with van der Waals surface area (Å²) in [7, 11) is 1.81. The molecule has 80 valence electrons. The van der Waals surface area contributed by atoms with Crippen molar-refractivity contribution in [1.82, 2.24) is 9.88 Å². The van der Waals surface area contributed by atoms with Crippen molar-refractivity contribution in [2.24, 2.45) is 5.92 Å². The average molecular weight is 225 g/mol.